The molecule has 1 unspecified atom stereocenters. The molecule has 0 aromatic rings. The Morgan fingerprint density at radius 2 is 1.69 bits per heavy atom. The Bertz CT molecular complexity index is 1250. The van der Waals surface area contributed by atoms with Gasteiger partial charge < -0.3 is 29.5 Å². The first-order chi connectivity index (χ1) is 20.9. The minimum absolute atomic E-state index is 0.0179. The van der Waals surface area contributed by atoms with E-state index in [9.17, 15) is 24.9 Å². The third-order valence-electron chi connectivity index (χ3n) is 11.6. The Morgan fingerprint density at radius 1 is 1.00 bits per heavy atom. The summed E-state index contributed by atoms with van der Waals surface area (Å²) in [6, 6.07) is 0. The van der Waals surface area contributed by atoms with Gasteiger partial charge in [-0.3, -0.25) is 9.59 Å². The van der Waals surface area contributed by atoms with Crippen LogP contribution in [0.1, 0.15) is 101 Å². The number of esters is 1. The number of hydrogen-bond donors (Lipinski definition) is 3. The third kappa shape index (κ3) is 6.96. The molecule has 0 bridgehead atoms. The molecular formula is C37H56O8. The van der Waals surface area contributed by atoms with E-state index in [1.165, 1.54) is 6.92 Å². The van der Waals surface area contributed by atoms with Crippen molar-refractivity contribution < 1.29 is 39.1 Å². The summed E-state index contributed by atoms with van der Waals surface area (Å²) >= 11 is 0. The summed E-state index contributed by atoms with van der Waals surface area (Å²) in [5.41, 5.74) is 3.56. The molecule has 0 amide bonds. The van der Waals surface area contributed by atoms with E-state index < -0.39 is 30.7 Å². The van der Waals surface area contributed by atoms with E-state index in [-0.39, 0.29) is 46.6 Å². The molecule has 0 aromatic heterocycles. The van der Waals surface area contributed by atoms with E-state index in [0.717, 1.165) is 48.0 Å². The first-order valence-corrected chi connectivity index (χ1v) is 16.6. The van der Waals surface area contributed by atoms with Crippen LogP contribution < -0.4 is 0 Å². The summed E-state index contributed by atoms with van der Waals surface area (Å²) in [6.07, 6.45) is 7.33. The quantitative estimate of drug-likeness (QED) is 0.134. The lowest BCUT2D eigenvalue weighted by molar-refractivity contribution is -0.278. The van der Waals surface area contributed by atoms with Crippen molar-refractivity contribution in [3.05, 3.63) is 46.6 Å². The van der Waals surface area contributed by atoms with Crippen LogP contribution in [0.25, 0.3) is 0 Å². The molecule has 8 heteroatoms. The van der Waals surface area contributed by atoms with Crippen LogP contribution in [-0.2, 0) is 23.8 Å². The van der Waals surface area contributed by atoms with Gasteiger partial charge >= 0.3 is 5.97 Å². The minimum Gasteiger partial charge on any atom is -0.462 e. The molecule has 3 aliphatic carbocycles. The van der Waals surface area contributed by atoms with Crippen molar-refractivity contribution in [3.63, 3.8) is 0 Å². The Hall–Kier alpha value is -2.10. The maximum Gasteiger partial charge on any atom is 0.302 e. The Balaban J connectivity index is 1.55. The summed E-state index contributed by atoms with van der Waals surface area (Å²) < 4.78 is 17.4. The predicted molar refractivity (Wildman–Crippen MR) is 173 cm³/mol. The average Bonchev–Trinajstić information content (AvgIpc) is 3.23. The summed E-state index contributed by atoms with van der Waals surface area (Å²) in [6.45, 7) is 18.5. The average molecular weight is 629 g/mol. The molecule has 10 atom stereocenters. The number of aliphatic hydroxyl groups excluding tert-OH is 3. The van der Waals surface area contributed by atoms with E-state index in [2.05, 4.69) is 33.8 Å². The van der Waals surface area contributed by atoms with Crippen LogP contribution in [0.5, 0.6) is 0 Å². The van der Waals surface area contributed by atoms with Crippen molar-refractivity contribution in [1.82, 2.24) is 0 Å². The highest BCUT2D eigenvalue weighted by atomic mass is 16.7. The lowest BCUT2D eigenvalue weighted by Crippen LogP contribution is -2.58. The lowest BCUT2D eigenvalue weighted by Gasteiger charge is -2.62. The second-order valence-electron chi connectivity index (χ2n) is 15.4. The highest BCUT2D eigenvalue weighted by Crippen LogP contribution is 2.69. The van der Waals surface area contributed by atoms with Crippen LogP contribution in [0.3, 0.4) is 0 Å². The molecule has 45 heavy (non-hydrogen) atoms. The van der Waals surface area contributed by atoms with Gasteiger partial charge in [0.25, 0.3) is 0 Å². The minimum atomic E-state index is -1.36. The first kappa shape index (κ1) is 35.7. The van der Waals surface area contributed by atoms with Gasteiger partial charge in [0, 0.05) is 29.7 Å². The molecule has 4 rings (SSSR count). The van der Waals surface area contributed by atoms with Gasteiger partial charge in [-0.05, 0) is 88.2 Å². The van der Waals surface area contributed by atoms with Crippen molar-refractivity contribution in [2.45, 2.75) is 138 Å². The largest absolute Gasteiger partial charge is 0.462 e. The molecule has 0 aromatic carbocycles. The van der Waals surface area contributed by atoms with Crippen molar-refractivity contribution in [3.8, 4) is 0 Å². The van der Waals surface area contributed by atoms with E-state index >= 15 is 0 Å². The normalized spacial score (nSPS) is 40.0. The SMILES string of the molecule is CC(=O)O[C@@H]1CC[C@@]2(C)[C@@H](CC[C@]3(C)/C(=C(\C)C=CC=C(C)C(CC=C(C)C)O[C@@H]4OC[C@H](O)[C@H](O)[C@@H]4O)C(=O)C[C@@H]23)C1(C)C. The number of aliphatic hydroxyl groups is 3. The van der Waals surface area contributed by atoms with Gasteiger partial charge in [0.1, 0.15) is 24.4 Å². The number of allylic oxidation sites excluding steroid dienone is 6. The number of hydrogen-bond acceptors (Lipinski definition) is 8. The first-order valence-electron chi connectivity index (χ1n) is 16.6. The molecule has 4 fully saturated rings. The van der Waals surface area contributed by atoms with E-state index in [1.54, 1.807) is 0 Å². The zero-order chi connectivity index (χ0) is 33.5. The van der Waals surface area contributed by atoms with Crippen molar-refractivity contribution >= 4 is 11.8 Å². The summed E-state index contributed by atoms with van der Waals surface area (Å²) in [4.78, 5) is 25.6. The van der Waals surface area contributed by atoms with Crippen molar-refractivity contribution in [2.24, 2.45) is 28.1 Å². The van der Waals surface area contributed by atoms with Gasteiger partial charge in [-0.15, -0.1) is 0 Å². The summed E-state index contributed by atoms with van der Waals surface area (Å²) in [5, 5.41) is 30.4. The number of Topliss-reactive ketones (excluding diaryl/α,β-unsaturated/α-hetero) is 1. The molecule has 8 nitrogen and oxygen atoms in total. The smallest absolute Gasteiger partial charge is 0.302 e. The Labute approximate surface area is 269 Å². The molecule has 1 heterocycles. The van der Waals surface area contributed by atoms with Gasteiger partial charge in [-0.25, -0.2) is 0 Å². The molecule has 3 N–H and O–H groups in total. The summed E-state index contributed by atoms with van der Waals surface area (Å²) in [7, 11) is 0. The number of fused-ring (bicyclic) bond motifs is 3. The second kappa shape index (κ2) is 13.6. The van der Waals surface area contributed by atoms with Crippen LogP contribution in [0, 0.1) is 28.1 Å². The van der Waals surface area contributed by atoms with Gasteiger partial charge in [-0.2, -0.15) is 0 Å². The molecular weight excluding hydrogens is 572 g/mol. The molecule has 3 saturated carbocycles. The molecule has 252 valence electrons. The second-order valence-corrected chi connectivity index (χ2v) is 15.4. The van der Waals surface area contributed by atoms with Gasteiger partial charge in [0.05, 0.1) is 12.7 Å². The fraction of sp³-hybridized carbons (Fsp3) is 0.730. The standard InChI is InChI=1S/C37H56O8/c1-21(2)13-14-27(45-34-33(42)32(41)26(40)20-43-34)22(3)11-10-12-23(4)31-25(39)19-29-36(8)18-16-30(44-24(5)38)35(6,7)28(36)15-17-37(29,31)9/h10-13,26-30,32-34,40-42H,14-20H2,1-9H3/b12-10?,22-11?,31-23+/t26-,27?,28-,29-,30+,32-,33-,34-,36-,37-/m0/s1. The molecule has 0 radical (unpaired) electrons. The molecule has 1 saturated heterocycles. The zero-order valence-corrected chi connectivity index (χ0v) is 28.8. The van der Waals surface area contributed by atoms with Gasteiger partial charge in [0.15, 0.2) is 12.1 Å². The Kier molecular flexibility index (Phi) is 10.8. The van der Waals surface area contributed by atoms with Crippen LogP contribution in [-0.4, -0.2) is 70.5 Å². The number of carbonyl (C=O) groups is 2. The highest BCUT2D eigenvalue weighted by molar-refractivity contribution is 6.00. The summed E-state index contributed by atoms with van der Waals surface area (Å²) in [5.74, 6) is 0.616. The van der Waals surface area contributed by atoms with Crippen LogP contribution in [0.15, 0.2) is 46.6 Å². The highest BCUT2D eigenvalue weighted by Gasteiger charge is 2.65. The number of ketones is 1. The topological polar surface area (TPSA) is 123 Å². The maximum absolute atomic E-state index is 13.8. The van der Waals surface area contributed by atoms with Crippen molar-refractivity contribution in [2.75, 3.05) is 6.61 Å². The predicted octanol–water partition coefficient (Wildman–Crippen LogP) is 5.75. The van der Waals surface area contributed by atoms with Crippen LogP contribution in [0.4, 0.5) is 0 Å². The van der Waals surface area contributed by atoms with E-state index in [4.69, 9.17) is 14.2 Å². The number of ether oxygens (including phenoxy) is 3. The third-order valence-corrected chi connectivity index (χ3v) is 11.6. The van der Waals surface area contributed by atoms with E-state index in [1.807, 2.05) is 45.9 Å². The maximum atomic E-state index is 13.8. The van der Waals surface area contributed by atoms with Crippen LogP contribution in [0.2, 0.25) is 0 Å². The van der Waals surface area contributed by atoms with Gasteiger partial charge in [0.2, 0.25) is 0 Å². The molecule has 4 aliphatic rings. The van der Waals surface area contributed by atoms with Crippen molar-refractivity contribution in [1.29, 1.82) is 0 Å². The fourth-order valence-corrected chi connectivity index (χ4v) is 9.26. The molecule has 0 spiro atoms. The van der Waals surface area contributed by atoms with E-state index in [0.29, 0.717) is 18.8 Å². The zero-order valence-electron chi connectivity index (χ0n) is 28.8. The Morgan fingerprint density at radius 3 is 2.33 bits per heavy atom. The fourth-order valence-electron chi connectivity index (χ4n) is 9.26. The number of carbonyl (C=O) groups excluding carboxylic acids is 2. The van der Waals surface area contributed by atoms with Crippen LogP contribution >= 0.6 is 0 Å². The monoisotopic (exact) mass is 628 g/mol. The van der Waals surface area contributed by atoms with Gasteiger partial charge in [-0.1, -0.05) is 57.6 Å². The molecule has 1 aliphatic heterocycles. The lowest BCUT2D eigenvalue weighted by atomic mass is 9.43. The number of rotatable bonds is 8.